The summed E-state index contributed by atoms with van der Waals surface area (Å²) in [6.45, 7) is 0. The van der Waals surface area contributed by atoms with E-state index in [2.05, 4.69) is 0 Å². The molecule has 0 radical (unpaired) electrons. The number of para-hydroxylation sites is 1. The normalized spacial score (nSPS) is 12.1. The molecule has 0 amide bonds. The maximum absolute atomic E-state index is 13.3. The lowest BCUT2D eigenvalue weighted by molar-refractivity contribution is 0.592. The predicted octanol–water partition coefficient (Wildman–Crippen LogP) is 1.59. The van der Waals surface area contributed by atoms with Crippen LogP contribution in [0.1, 0.15) is 0 Å². The molecule has 0 saturated heterocycles. The van der Waals surface area contributed by atoms with Crippen LogP contribution in [0.25, 0.3) is 10.9 Å². The number of fused-ring (bicyclic) bond motifs is 1. The molecular formula is C9H8FNO2S. The van der Waals surface area contributed by atoms with E-state index in [9.17, 15) is 12.8 Å². The third-order valence-corrected chi connectivity index (χ3v) is 3.00. The molecule has 0 spiro atoms. The van der Waals surface area contributed by atoms with Crippen molar-refractivity contribution in [2.45, 2.75) is 0 Å². The predicted molar refractivity (Wildman–Crippen MR) is 52.1 cm³/mol. The molecule has 0 aliphatic carbocycles. The van der Waals surface area contributed by atoms with Crippen molar-refractivity contribution in [1.29, 1.82) is 0 Å². The minimum atomic E-state index is -3.43. The summed E-state index contributed by atoms with van der Waals surface area (Å²) in [5.74, 6) is -0.530. The van der Waals surface area contributed by atoms with Crippen LogP contribution in [0.4, 0.5) is 4.39 Å². The van der Waals surface area contributed by atoms with Crippen LogP contribution in [0.3, 0.4) is 0 Å². The first-order valence-electron chi connectivity index (χ1n) is 3.96. The molecule has 1 aromatic carbocycles. The number of rotatable bonds is 1. The van der Waals surface area contributed by atoms with E-state index in [4.69, 9.17) is 0 Å². The van der Waals surface area contributed by atoms with Gasteiger partial charge in [0.1, 0.15) is 5.82 Å². The first-order valence-corrected chi connectivity index (χ1v) is 5.81. The molecule has 3 nitrogen and oxygen atoms in total. The molecule has 1 aromatic heterocycles. The number of benzene rings is 1. The molecule has 14 heavy (non-hydrogen) atoms. The molecule has 2 aromatic rings. The van der Waals surface area contributed by atoms with E-state index in [-0.39, 0.29) is 5.52 Å². The van der Waals surface area contributed by atoms with E-state index in [0.717, 1.165) is 10.2 Å². The van der Waals surface area contributed by atoms with Crippen LogP contribution in [0.2, 0.25) is 0 Å². The highest BCUT2D eigenvalue weighted by Gasteiger charge is 2.12. The Morgan fingerprint density at radius 1 is 1.29 bits per heavy atom. The van der Waals surface area contributed by atoms with Gasteiger partial charge in [-0.3, -0.25) is 0 Å². The molecule has 0 bridgehead atoms. The Bertz CT molecular complexity index is 586. The third-order valence-electron chi connectivity index (χ3n) is 1.99. The van der Waals surface area contributed by atoms with Crippen molar-refractivity contribution in [3.05, 3.63) is 36.3 Å². The van der Waals surface area contributed by atoms with Gasteiger partial charge >= 0.3 is 0 Å². The van der Waals surface area contributed by atoms with Gasteiger partial charge in [-0.05, 0) is 12.1 Å². The van der Waals surface area contributed by atoms with Crippen molar-refractivity contribution in [3.63, 3.8) is 0 Å². The highest BCUT2D eigenvalue weighted by atomic mass is 32.2. The van der Waals surface area contributed by atoms with Crippen molar-refractivity contribution in [2.24, 2.45) is 0 Å². The number of halogens is 1. The second kappa shape index (κ2) is 2.81. The Balaban J connectivity index is 2.94. The van der Waals surface area contributed by atoms with Gasteiger partial charge in [-0.2, -0.15) is 0 Å². The summed E-state index contributed by atoms with van der Waals surface area (Å²) in [6, 6.07) is 6.02. The number of hydrogen-bond acceptors (Lipinski definition) is 2. The minimum Gasteiger partial charge on any atom is -0.242 e. The fraction of sp³-hybridized carbons (Fsp3) is 0.111. The van der Waals surface area contributed by atoms with Crippen molar-refractivity contribution < 1.29 is 12.8 Å². The van der Waals surface area contributed by atoms with Gasteiger partial charge in [0.2, 0.25) is 10.0 Å². The van der Waals surface area contributed by atoms with E-state index in [0.29, 0.717) is 5.39 Å². The Morgan fingerprint density at radius 2 is 2.00 bits per heavy atom. The van der Waals surface area contributed by atoms with Gasteiger partial charge in [0, 0.05) is 11.6 Å². The highest BCUT2D eigenvalue weighted by molar-refractivity contribution is 7.89. The first-order chi connectivity index (χ1) is 6.50. The zero-order chi connectivity index (χ0) is 10.3. The lowest BCUT2D eigenvalue weighted by Gasteiger charge is -2.01. The second-order valence-electron chi connectivity index (χ2n) is 3.05. The molecule has 5 heteroatoms. The molecule has 0 fully saturated rings. The van der Waals surface area contributed by atoms with Gasteiger partial charge < -0.3 is 0 Å². The van der Waals surface area contributed by atoms with E-state index >= 15 is 0 Å². The van der Waals surface area contributed by atoms with Gasteiger partial charge in [0.15, 0.2) is 0 Å². The van der Waals surface area contributed by atoms with Crippen LogP contribution in [0.5, 0.6) is 0 Å². The SMILES string of the molecule is CS(=O)(=O)n1ccc2cccc(F)c21. The average molecular weight is 213 g/mol. The fourth-order valence-electron chi connectivity index (χ4n) is 1.40. The molecule has 0 aliphatic rings. The van der Waals surface area contributed by atoms with Crippen molar-refractivity contribution in [1.82, 2.24) is 3.97 Å². The summed E-state index contributed by atoms with van der Waals surface area (Å²) >= 11 is 0. The van der Waals surface area contributed by atoms with Crippen LogP contribution in [-0.4, -0.2) is 18.6 Å². The molecule has 2 rings (SSSR count). The third kappa shape index (κ3) is 1.29. The van der Waals surface area contributed by atoms with Crippen molar-refractivity contribution >= 4 is 20.9 Å². The zero-order valence-electron chi connectivity index (χ0n) is 7.44. The molecular weight excluding hydrogens is 205 g/mol. The van der Waals surface area contributed by atoms with Crippen LogP contribution < -0.4 is 0 Å². The number of nitrogens with zero attached hydrogens (tertiary/aromatic N) is 1. The monoisotopic (exact) mass is 213 g/mol. The van der Waals surface area contributed by atoms with E-state index in [1.54, 1.807) is 18.2 Å². The van der Waals surface area contributed by atoms with Crippen LogP contribution in [0.15, 0.2) is 30.5 Å². The summed E-state index contributed by atoms with van der Waals surface area (Å²) in [7, 11) is -3.43. The van der Waals surface area contributed by atoms with Crippen molar-refractivity contribution in [2.75, 3.05) is 6.26 Å². The van der Waals surface area contributed by atoms with Crippen LogP contribution in [0, 0.1) is 5.82 Å². The highest BCUT2D eigenvalue weighted by Crippen LogP contribution is 2.20. The number of aromatic nitrogens is 1. The first kappa shape index (κ1) is 9.21. The summed E-state index contributed by atoms with van der Waals surface area (Å²) < 4.78 is 36.8. The smallest absolute Gasteiger partial charge is 0.236 e. The zero-order valence-corrected chi connectivity index (χ0v) is 8.25. The minimum absolute atomic E-state index is 0.106. The summed E-state index contributed by atoms with van der Waals surface area (Å²) in [5.41, 5.74) is 0.106. The lowest BCUT2D eigenvalue weighted by atomic mass is 10.2. The Morgan fingerprint density at radius 3 is 2.64 bits per heavy atom. The Hall–Kier alpha value is -1.36. The summed E-state index contributed by atoms with van der Waals surface area (Å²) in [6.07, 6.45) is 2.39. The van der Waals surface area contributed by atoms with Gasteiger partial charge in [0.25, 0.3) is 0 Å². The summed E-state index contributed by atoms with van der Waals surface area (Å²) in [4.78, 5) is 0. The van der Waals surface area contributed by atoms with E-state index in [1.165, 1.54) is 12.3 Å². The molecule has 0 saturated carbocycles. The Labute approximate surface area is 80.8 Å². The van der Waals surface area contributed by atoms with Crippen LogP contribution in [-0.2, 0) is 10.0 Å². The lowest BCUT2D eigenvalue weighted by Crippen LogP contribution is -2.08. The van der Waals surface area contributed by atoms with Gasteiger partial charge in [-0.25, -0.2) is 16.8 Å². The molecule has 0 unspecified atom stereocenters. The number of hydrogen-bond donors (Lipinski definition) is 0. The van der Waals surface area contributed by atoms with Crippen molar-refractivity contribution in [3.8, 4) is 0 Å². The van der Waals surface area contributed by atoms with Gasteiger partial charge in [-0.15, -0.1) is 0 Å². The standard InChI is InChI=1S/C9H8FNO2S/c1-14(12,13)11-6-5-7-3-2-4-8(10)9(7)11/h2-6H,1H3. The molecule has 0 aliphatic heterocycles. The molecule has 1 heterocycles. The summed E-state index contributed by atoms with van der Waals surface area (Å²) in [5, 5.41) is 0.579. The fourth-order valence-corrected chi connectivity index (χ4v) is 2.20. The average Bonchev–Trinajstić information content (AvgIpc) is 2.47. The topological polar surface area (TPSA) is 39.1 Å². The quantitative estimate of drug-likeness (QED) is 0.721. The molecule has 0 N–H and O–H groups in total. The maximum atomic E-state index is 13.3. The largest absolute Gasteiger partial charge is 0.242 e. The van der Waals surface area contributed by atoms with Gasteiger partial charge in [0.05, 0.1) is 11.8 Å². The Kier molecular flexibility index (Phi) is 1.85. The molecule has 0 atom stereocenters. The second-order valence-corrected chi connectivity index (χ2v) is 4.91. The van der Waals surface area contributed by atoms with Gasteiger partial charge in [-0.1, -0.05) is 12.1 Å². The van der Waals surface area contributed by atoms with E-state index < -0.39 is 15.8 Å². The van der Waals surface area contributed by atoms with Crippen LogP contribution >= 0.6 is 0 Å². The molecule has 74 valence electrons. The maximum Gasteiger partial charge on any atom is 0.236 e. The van der Waals surface area contributed by atoms with E-state index in [1.807, 2.05) is 0 Å².